The summed E-state index contributed by atoms with van der Waals surface area (Å²) >= 11 is 7.25. The summed E-state index contributed by atoms with van der Waals surface area (Å²) in [6.45, 7) is -0.598. The number of amides is 2. The minimum absolute atomic E-state index is 0.0748. The zero-order chi connectivity index (χ0) is 22.4. The van der Waals surface area contributed by atoms with Crippen LogP contribution in [0.4, 0.5) is 5.69 Å². The Morgan fingerprint density at radius 2 is 1.61 bits per heavy atom. The molecule has 1 heterocycles. The molecular formula is C20H18Br2N2O7. The number of esters is 1. The molecule has 1 saturated heterocycles. The Labute approximate surface area is 193 Å². The number of imide groups is 1. The highest BCUT2D eigenvalue weighted by Gasteiger charge is 2.66. The van der Waals surface area contributed by atoms with Gasteiger partial charge in [0.25, 0.3) is 5.69 Å². The van der Waals surface area contributed by atoms with Gasteiger partial charge in [-0.1, -0.05) is 31.9 Å². The third-order valence-corrected chi connectivity index (χ3v) is 9.59. The molecule has 1 aromatic rings. The predicted octanol–water partition coefficient (Wildman–Crippen LogP) is 2.49. The van der Waals surface area contributed by atoms with Gasteiger partial charge in [-0.2, -0.15) is 0 Å². The number of benzene rings is 1. The molecule has 0 aromatic heterocycles. The van der Waals surface area contributed by atoms with Crippen molar-refractivity contribution in [2.45, 2.75) is 22.5 Å². The molecular weight excluding hydrogens is 540 g/mol. The number of alkyl halides is 2. The van der Waals surface area contributed by atoms with E-state index in [1.807, 2.05) is 0 Å². The van der Waals surface area contributed by atoms with Crippen LogP contribution in [-0.4, -0.2) is 56.2 Å². The van der Waals surface area contributed by atoms with Gasteiger partial charge in [0, 0.05) is 33.9 Å². The number of ketones is 1. The topological polar surface area (TPSA) is 124 Å². The molecule has 3 aliphatic rings. The summed E-state index contributed by atoms with van der Waals surface area (Å²) in [6.07, 6.45) is 0.633. The van der Waals surface area contributed by atoms with E-state index in [1.54, 1.807) is 0 Å². The maximum atomic E-state index is 12.8. The van der Waals surface area contributed by atoms with Crippen LogP contribution in [-0.2, 0) is 19.1 Å². The molecule has 2 bridgehead atoms. The fourth-order valence-electron chi connectivity index (χ4n) is 4.90. The Balaban J connectivity index is 1.28. The van der Waals surface area contributed by atoms with Gasteiger partial charge in [-0.05, 0) is 30.4 Å². The van der Waals surface area contributed by atoms with E-state index in [9.17, 15) is 29.3 Å². The van der Waals surface area contributed by atoms with E-state index in [-0.39, 0.29) is 69.4 Å². The summed E-state index contributed by atoms with van der Waals surface area (Å²) in [4.78, 5) is 61.3. The number of fused-ring (bicyclic) bond motifs is 5. The molecule has 0 spiro atoms. The van der Waals surface area contributed by atoms with Crippen LogP contribution in [0.5, 0.6) is 0 Å². The Hall–Kier alpha value is -2.14. The Kier molecular flexibility index (Phi) is 5.99. The minimum atomic E-state index is -0.701. The number of non-ortho nitro benzene ring substituents is 1. The lowest BCUT2D eigenvalue weighted by Crippen LogP contribution is -2.37. The van der Waals surface area contributed by atoms with E-state index in [1.165, 1.54) is 24.3 Å². The lowest BCUT2D eigenvalue weighted by Gasteiger charge is -2.28. The zero-order valence-electron chi connectivity index (χ0n) is 16.1. The number of hydrogen-bond acceptors (Lipinski definition) is 7. The van der Waals surface area contributed by atoms with Crippen LogP contribution in [0.15, 0.2) is 24.3 Å². The first-order valence-electron chi connectivity index (χ1n) is 9.77. The molecule has 11 heteroatoms. The van der Waals surface area contributed by atoms with Crippen molar-refractivity contribution in [2.24, 2.45) is 23.7 Å². The molecule has 0 N–H and O–H groups in total. The Morgan fingerprint density at radius 1 is 1.06 bits per heavy atom. The van der Waals surface area contributed by atoms with Crippen LogP contribution in [0.25, 0.3) is 0 Å². The van der Waals surface area contributed by atoms with Crippen molar-refractivity contribution in [3.8, 4) is 0 Å². The summed E-state index contributed by atoms with van der Waals surface area (Å²) in [5, 5.41) is 10.7. The molecule has 9 nitrogen and oxygen atoms in total. The molecule has 164 valence electrons. The van der Waals surface area contributed by atoms with Gasteiger partial charge in [-0.15, -0.1) is 0 Å². The van der Waals surface area contributed by atoms with Crippen molar-refractivity contribution in [1.29, 1.82) is 0 Å². The lowest BCUT2D eigenvalue weighted by molar-refractivity contribution is -0.384. The van der Waals surface area contributed by atoms with E-state index in [2.05, 4.69) is 31.9 Å². The van der Waals surface area contributed by atoms with E-state index >= 15 is 0 Å². The molecule has 2 aliphatic carbocycles. The number of ether oxygens (including phenoxy) is 1. The van der Waals surface area contributed by atoms with Crippen molar-refractivity contribution >= 4 is 61.1 Å². The maximum Gasteiger partial charge on any atom is 0.308 e. The largest absolute Gasteiger partial charge is 0.457 e. The van der Waals surface area contributed by atoms with E-state index < -0.39 is 23.3 Å². The van der Waals surface area contributed by atoms with Crippen molar-refractivity contribution in [3.63, 3.8) is 0 Å². The summed E-state index contributed by atoms with van der Waals surface area (Å²) in [7, 11) is 0. The van der Waals surface area contributed by atoms with E-state index in [0.29, 0.717) is 0 Å². The molecule has 2 saturated carbocycles. The molecule has 1 aromatic carbocycles. The molecule has 0 unspecified atom stereocenters. The number of Topliss-reactive ketones (excluding diaryl/α,β-unsaturated/α-hetero) is 1. The number of likely N-dealkylation sites (tertiary alicyclic amines) is 1. The second-order valence-corrected chi connectivity index (χ2v) is 10.1. The quantitative estimate of drug-likeness (QED) is 0.126. The van der Waals surface area contributed by atoms with Gasteiger partial charge in [0.05, 0.1) is 23.2 Å². The monoisotopic (exact) mass is 556 g/mol. The molecule has 6 atom stereocenters. The third-order valence-electron chi connectivity index (χ3n) is 6.38. The number of carbonyl (C=O) groups is 4. The molecule has 3 fully saturated rings. The Morgan fingerprint density at radius 3 is 2.13 bits per heavy atom. The van der Waals surface area contributed by atoms with Crippen molar-refractivity contribution in [2.75, 3.05) is 13.2 Å². The molecule has 0 radical (unpaired) electrons. The van der Waals surface area contributed by atoms with E-state index in [4.69, 9.17) is 4.74 Å². The number of nitro groups is 1. The predicted molar refractivity (Wildman–Crippen MR) is 114 cm³/mol. The fraction of sp³-hybridized carbons (Fsp3) is 0.500. The van der Waals surface area contributed by atoms with Crippen LogP contribution in [0.2, 0.25) is 0 Å². The van der Waals surface area contributed by atoms with Crippen molar-refractivity contribution < 1.29 is 28.8 Å². The van der Waals surface area contributed by atoms with Crippen LogP contribution >= 0.6 is 31.9 Å². The summed E-state index contributed by atoms with van der Waals surface area (Å²) in [5.74, 6) is -2.14. The first-order valence-corrected chi connectivity index (χ1v) is 11.6. The molecule has 31 heavy (non-hydrogen) atoms. The smallest absolute Gasteiger partial charge is 0.308 e. The van der Waals surface area contributed by atoms with Crippen LogP contribution < -0.4 is 0 Å². The van der Waals surface area contributed by atoms with Gasteiger partial charge in [0.1, 0.15) is 0 Å². The lowest BCUT2D eigenvalue weighted by atomic mass is 9.81. The van der Waals surface area contributed by atoms with E-state index in [0.717, 1.165) is 11.3 Å². The highest BCUT2D eigenvalue weighted by atomic mass is 79.9. The minimum Gasteiger partial charge on any atom is -0.457 e. The van der Waals surface area contributed by atoms with Gasteiger partial charge < -0.3 is 4.74 Å². The summed E-state index contributed by atoms with van der Waals surface area (Å²) in [5.41, 5.74) is 0.0319. The van der Waals surface area contributed by atoms with Crippen molar-refractivity contribution in [1.82, 2.24) is 4.90 Å². The third kappa shape index (κ3) is 3.82. The average molecular weight is 558 g/mol. The number of carbonyl (C=O) groups excluding carboxylic acids is 4. The number of hydrogen-bond donors (Lipinski definition) is 0. The fourth-order valence-corrected chi connectivity index (χ4v) is 6.78. The highest BCUT2D eigenvalue weighted by Crippen LogP contribution is 2.60. The van der Waals surface area contributed by atoms with Crippen molar-refractivity contribution in [3.05, 3.63) is 39.9 Å². The van der Waals surface area contributed by atoms with Gasteiger partial charge in [0.15, 0.2) is 12.4 Å². The zero-order valence-corrected chi connectivity index (χ0v) is 19.3. The van der Waals surface area contributed by atoms with Gasteiger partial charge in [-0.25, -0.2) is 0 Å². The van der Waals surface area contributed by atoms with Crippen LogP contribution in [0, 0.1) is 33.8 Å². The standard InChI is InChI=1S/C20H18Br2N2O7/c21-17-11-7-12(18(17)22)16-15(11)19(27)23(20(16)28)6-5-14(26)31-8-13(25)9-1-3-10(4-2-9)24(29)30/h1-4,11-12,15-18H,5-8H2/t11-,12-,15-,16+,17+,18+/m1/s1. The number of nitro benzene ring substituents is 1. The maximum absolute atomic E-state index is 12.8. The second kappa shape index (κ2) is 8.42. The highest BCUT2D eigenvalue weighted by molar-refractivity contribution is 9.12. The molecule has 4 rings (SSSR count). The summed E-state index contributed by atoms with van der Waals surface area (Å²) in [6, 6.07) is 4.96. The molecule has 2 amide bonds. The normalized spacial score (nSPS) is 31.1. The van der Waals surface area contributed by atoms with Crippen LogP contribution in [0.1, 0.15) is 23.2 Å². The number of rotatable bonds is 7. The first kappa shape index (κ1) is 22.1. The van der Waals surface area contributed by atoms with Gasteiger partial charge in [0.2, 0.25) is 11.8 Å². The second-order valence-electron chi connectivity index (χ2n) is 7.97. The number of nitrogens with zero attached hydrogens (tertiary/aromatic N) is 2. The average Bonchev–Trinajstić information content (AvgIpc) is 3.35. The SMILES string of the molecule is O=C(CCN1C(=O)[C@@H]2[C@H]3C[C@@H]([C@H](Br)[C@H]3Br)[C@@H]2C1=O)OCC(=O)c1ccc([N+](=O)[O-])cc1. The van der Waals surface area contributed by atoms with Gasteiger partial charge in [-0.3, -0.25) is 34.2 Å². The Bertz CT molecular complexity index is 935. The van der Waals surface area contributed by atoms with Crippen LogP contribution in [0.3, 0.4) is 0 Å². The molecule has 1 aliphatic heterocycles. The first-order chi connectivity index (χ1) is 14.7. The number of halogens is 2. The van der Waals surface area contributed by atoms with Gasteiger partial charge >= 0.3 is 5.97 Å². The summed E-state index contributed by atoms with van der Waals surface area (Å²) < 4.78 is 4.96.